The predicted molar refractivity (Wildman–Crippen MR) is 64.8 cm³/mol. The molecule has 1 atom stereocenters. The van der Waals surface area contributed by atoms with Gasteiger partial charge in [0.15, 0.2) is 0 Å². The molecule has 0 saturated heterocycles. The summed E-state index contributed by atoms with van der Waals surface area (Å²) in [6, 6.07) is 8.39. The number of amides is 1. The highest BCUT2D eigenvalue weighted by molar-refractivity contribution is 5.94. The van der Waals surface area contributed by atoms with Gasteiger partial charge in [-0.2, -0.15) is 5.26 Å². The molecule has 1 aromatic carbocycles. The van der Waals surface area contributed by atoms with Crippen molar-refractivity contribution in [1.82, 2.24) is 5.32 Å². The van der Waals surface area contributed by atoms with Gasteiger partial charge in [-0.15, -0.1) is 0 Å². The van der Waals surface area contributed by atoms with Crippen LogP contribution in [0.15, 0.2) is 24.3 Å². The molecule has 0 aliphatic rings. The van der Waals surface area contributed by atoms with Gasteiger partial charge in [0, 0.05) is 5.56 Å². The van der Waals surface area contributed by atoms with Crippen LogP contribution in [0, 0.1) is 11.3 Å². The maximum Gasteiger partial charge on any atom is 0.252 e. The van der Waals surface area contributed by atoms with Gasteiger partial charge in [-0.05, 0) is 31.5 Å². The number of carbonyl (C=O) groups excluding carboxylic acids is 1. The fraction of sp³-hybridized carbons (Fsp3) is 0.385. The largest absolute Gasteiger partial charge is 0.494 e. The van der Waals surface area contributed by atoms with Crippen molar-refractivity contribution in [2.75, 3.05) is 6.61 Å². The molecule has 17 heavy (non-hydrogen) atoms. The van der Waals surface area contributed by atoms with E-state index >= 15 is 0 Å². The summed E-state index contributed by atoms with van der Waals surface area (Å²) in [6.07, 6.45) is 0.919. The molecule has 1 rings (SSSR count). The Morgan fingerprint density at radius 3 is 3.00 bits per heavy atom. The van der Waals surface area contributed by atoms with Gasteiger partial charge in [0.05, 0.1) is 12.7 Å². The molecule has 1 aromatic rings. The zero-order valence-corrected chi connectivity index (χ0v) is 10.1. The van der Waals surface area contributed by atoms with Crippen LogP contribution < -0.4 is 10.1 Å². The van der Waals surface area contributed by atoms with Crippen molar-refractivity contribution in [2.45, 2.75) is 26.3 Å². The van der Waals surface area contributed by atoms with Crippen molar-refractivity contribution in [3.8, 4) is 11.8 Å². The molecular weight excluding hydrogens is 216 g/mol. The Balaban J connectivity index is 2.71. The minimum Gasteiger partial charge on any atom is -0.494 e. The van der Waals surface area contributed by atoms with Crippen LogP contribution in [0.5, 0.6) is 5.75 Å². The summed E-state index contributed by atoms with van der Waals surface area (Å²) in [7, 11) is 0. The first-order valence-electron chi connectivity index (χ1n) is 5.60. The molecule has 0 radical (unpaired) electrons. The molecule has 0 bridgehead atoms. The normalized spacial score (nSPS) is 11.4. The van der Waals surface area contributed by atoms with Gasteiger partial charge in [-0.1, -0.05) is 13.0 Å². The molecule has 1 N–H and O–H groups in total. The van der Waals surface area contributed by atoms with Crippen LogP contribution in [0.4, 0.5) is 0 Å². The topological polar surface area (TPSA) is 62.1 Å². The fourth-order valence-electron chi connectivity index (χ4n) is 1.26. The summed E-state index contributed by atoms with van der Waals surface area (Å²) in [4.78, 5) is 11.7. The van der Waals surface area contributed by atoms with E-state index in [1.54, 1.807) is 31.2 Å². The highest BCUT2D eigenvalue weighted by Gasteiger charge is 2.09. The highest BCUT2D eigenvalue weighted by Crippen LogP contribution is 2.13. The van der Waals surface area contributed by atoms with Crippen LogP contribution in [0.3, 0.4) is 0 Å². The average molecular weight is 232 g/mol. The van der Waals surface area contributed by atoms with E-state index < -0.39 is 6.04 Å². The second kappa shape index (κ2) is 6.54. The third-order valence-corrected chi connectivity index (χ3v) is 2.11. The van der Waals surface area contributed by atoms with Gasteiger partial charge in [-0.3, -0.25) is 4.79 Å². The van der Waals surface area contributed by atoms with Crippen LogP contribution in [0.2, 0.25) is 0 Å². The number of benzene rings is 1. The Hall–Kier alpha value is -2.02. The molecule has 0 fully saturated rings. The number of hydrogen-bond acceptors (Lipinski definition) is 3. The summed E-state index contributed by atoms with van der Waals surface area (Å²) in [5.41, 5.74) is 0.501. The lowest BCUT2D eigenvalue weighted by atomic mass is 10.2. The zero-order valence-electron chi connectivity index (χ0n) is 10.1. The molecule has 0 heterocycles. The van der Waals surface area contributed by atoms with E-state index in [1.165, 1.54) is 0 Å². The maximum atomic E-state index is 11.7. The second-order valence-electron chi connectivity index (χ2n) is 3.70. The van der Waals surface area contributed by atoms with E-state index in [0.29, 0.717) is 17.9 Å². The van der Waals surface area contributed by atoms with Gasteiger partial charge in [0.2, 0.25) is 0 Å². The van der Waals surface area contributed by atoms with Crippen molar-refractivity contribution in [3.05, 3.63) is 29.8 Å². The van der Waals surface area contributed by atoms with Crippen LogP contribution in [-0.4, -0.2) is 18.6 Å². The standard InChI is InChI=1S/C13H16N2O2/c1-3-7-17-12-6-4-5-11(8-12)13(16)15-10(2)9-14/h4-6,8,10H,3,7H2,1-2H3,(H,15,16). The van der Waals surface area contributed by atoms with Crippen LogP contribution in [0.25, 0.3) is 0 Å². The smallest absolute Gasteiger partial charge is 0.252 e. The Labute approximate surface area is 101 Å². The summed E-state index contributed by atoms with van der Waals surface area (Å²) in [5.74, 6) is 0.408. The number of carbonyl (C=O) groups is 1. The van der Waals surface area contributed by atoms with Crippen LogP contribution >= 0.6 is 0 Å². The van der Waals surface area contributed by atoms with Gasteiger partial charge < -0.3 is 10.1 Å². The number of ether oxygens (including phenoxy) is 1. The molecule has 0 aliphatic heterocycles. The molecule has 4 heteroatoms. The molecule has 1 amide bonds. The zero-order chi connectivity index (χ0) is 12.7. The first-order valence-corrected chi connectivity index (χ1v) is 5.60. The van der Waals surface area contributed by atoms with E-state index in [-0.39, 0.29) is 5.91 Å². The average Bonchev–Trinajstić information content (AvgIpc) is 2.36. The molecule has 0 aliphatic carbocycles. The molecule has 4 nitrogen and oxygen atoms in total. The van der Waals surface area contributed by atoms with Crippen LogP contribution in [-0.2, 0) is 0 Å². The lowest BCUT2D eigenvalue weighted by Gasteiger charge is -2.08. The van der Waals surface area contributed by atoms with Crippen molar-refractivity contribution in [2.24, 2.45) is 0 Å². The Kier molecular flexibility index (Phi) is 5.02. The summed E-state index contributed by atoms with van der Waals surface area (Å²) in [5, 5.41) is 11.2. The molecule has 0 saturated carbocycles. The van der Waals surface area contributed by atoms with E-state index in [0.717, 1.165) is 6.42 Å². The van der Waals surface area contributed by atoms with Gasteiger partial charge >= 0.3 is 0 Å². The van der Waals surface area contributed by atoms with Gasteiger partial charge in [0.1, 0.15) is 11.8 Å². The fourth-order valence-corrected chi connectivity index (χ4v) is 1.26. The van der Waals surface area contributed by atoms with Crippen molar-refractivity contribution < 1.29 is 9.53 Å². The number of hydrogen-bond donors (Lipinski definition) is 1. The highest BCUT2D eigenvalue weighted by atomic mass is 16.5. The monoisotopic (exact) mass is 232 g/mol. The molecule has 0 spiro atoms. The Morgan fingerprint density at radius 2 is 2.35 bits per heavy atom. The summed E-state index contributed by atoms with van der Waals surface area (Å²) < 4.78 is 5.43. The SMILES string of the molecule is CCCOc1cccc(C(=O)NC(C)C#N)c1. The first-order chi connectivity index (χ1) is 8.17. The van der Waals surface area contributed by atoms with Gasteiger partial charge in [-0.25, -0.2) is 0 Å². The molecule has 1 unspecified atom stereocenters. The Morgan fingerprint density at radius 1 is 1.59 bits per heavy atom. The second-order valence-corrected chi connectivity index (χ2v) is 3.70. The molecular formula is C13H16N2O2. The lowest BCUT2D eigenvalue weighted by molar-refractivity contribution is 0.0947. The number of nitrogens with zero attached hydrogens (tertiary/aromatic N) is 1. The number of rotatable bonds is 5. The predicted octanol–water partition coefficient (Wildman–Crippen LogP) is 2.12. The van der Waals surface area contributed by atoms with Crippen molar-refractivity contribution >= 4 is 5.91 Å². The molecule has 90 valence electrons. The van der Waals surface area contributed by atoms with Crippen molar-refractivity contribution in [3.63, 3.8) is 0 Å². The molecule has 0 aromatic heterocycles. The number of nitriles is 1. The summed E-state index contributed by atoms with van der Waals surface area (Å²) in [6.45, 7) is 4.28. The van der Waals surface area contributed by atoms with E-state index in [4.69, 9.17) is 10.00 Å². The van der Waals surface area contributed by atoms with Crippen LogP contribution in [0.1, 0.15) is 30.6 Å². The quantitative estimate of drug-likeness (QED) is 0.845. The van der Waals surface area contributed by atoms with E-state index in [1.807, 2.05) is 13.0 Å². The Bertz CT molecular complexity index is 424. The number of nitrogens with one attached hydrogen (secondary N) is 1. The third-order valence-electron chi connectivity index (χ3n) is 2.11. The lowest BCUT2D eigenvalue weighted by Crippen LogP contribution is -2.31. The van der Waals surface area contributed by atoms with E-state index in [9.17, 15) is 4.79 Å². The summed E-state index contributed by atoms with van der Waals surface area (Å²) >= 11 is 0. The minimum absolute atomic E-state index is 0.263. The van der Waals surface area contributed by atoms with Gasteiger partial charge in [0.25, 0.3) is 5.91 Å². The first kappa shape index (κ1) is 13.0. The minimum atomic E-state index is -0.497. The van der Waals surface area contributed by atoms with E-state index in [2.05, 4.69) is 5.32 Å². The van der Waals surface area contributed by atoms with Crippen molar-refractivity contribution in [1.29, 1.82) is 5.26 Å². The third kappa shape index (κ3) is 4.15. The maximum absolute atomic E-state index is 11.7.